The molecule has 3 aromatic rings. The Bertz CT molecular complexity index is 1390. The van der Waals surface area contributed by atoms with Gasteiger partial charge in [0, 0.05) is 49.1 Å². The van der Waals surface area contributed by atoms with E-state index in [4.69, 9.17) is 13.9 Å². The van der Waals surface area contributed by atoms with Crippen LogP contribution in [0.15, 0.2) is 45.6 Å². The average Bonchev–Trinajstić information content (AvgIpc) is 2.90. The number of nitrogens with zero attached hydrogens (tertiary/aromatic N) is 2. The van der Waals surface area contributed by atoms with Crippen molar-refractivity contribution in [2.75, 3.05) is 32.8 Å². The molecule has 1 fully saturated rings. The van der Waals surface area contributed by atoms with Crippen LogP contribution in [0, 0.1) is 13.8 Å². The first-order valence-electron chi connectivity index (χ1n) is 12.0. The molecule has 2 aliphatic heterocycles. The van der Waals surface area contributed by atoms with Gasteiger partial charge in [-0.05, 0) is 50.1 Å². The predicted molar refractivity (Wildman–Crippen MR) is 131 cm³/mol. The maximum atomic E-state index is 12.9. The molecule has 0 saturated carbocycles. The molecule has 5 rings (SSSR count). The number of para-hydroxylation sites is 2. The summed E-state index contributed by atoms with van der Waals surface area (Å²) in [6.07, 6.45) is -0.282. The van der Waals surface area contributed by atoms with Gasteiger partial charge in [-0.15, -0.1) is 0 Å². The van der Waals surface area contributed by atoms with Crippen molar-refractivity contribution in [2.45, 2.75) is 32.8 Å². The highest BCUT2D eigenvalue weighted by Gasteiger charge is 2.33. The van der Waals surface area contributed by atoms with Crippen LogP contribution in [0.25, 0.3) is 11.0 Å². The number of aromatic hydroxyl groups is 1. The lowest BCUT2D eigenvalue weighted by Gasteiger charge is -2.37. The molecule has 0 spiro atoms. The van der Waals surface area contributed by atoms with Gasteiger partial charge in [0.1, 0.15) is 17.9 Å². The van der Waals surface area contributed by atoms with Gasteiger partial charge >= 0.3 is 5.63 Å². The summed E-state index contributed by atoms with van der Waals surface area (Å²) < 4.78 is 17.0. The first-order chi connectivity index (χ1) is 17.3. The third-order valence-corrected chi connectivity index (χ3v) is 6.99. The number of rotatable bonds is 4. The van der Waals surface area contributed by atoms with E-state index < -0.39 is 11.7 Å². The van der Waals surface area contributed by atoms with Gasteiger partial charge in [-0.2, -0.15) is 0 Å². The lowest BCUT2D eigenvalue weighted by molar-refractivity contribution is -0.146. The Labute approximate surface area is 207 Å². The Hall–Kier alpha value is -4.01. The molecule has 1 N–H and O–H groups in total. The van der Waals surface area contributed by atoms with Crippen LogP contribution in [0.1, 0.15) is 23.1 Å². The standard InChI is InChI=1S/C27H28N2O7/c1-16-18-7-9-20(30)17(2)25(18)36-27(33)19(16)8-10-24(31)28-11-13-29(14-12-28)26(32)23-15-34-21-5-3-4-6-22(21)35-23/h3-7,9,23,30H,8,10-15H2,1-2H3/t23-/m1/s1. The van der Waals surface area contributed by atoms with E-state index in [-0.39, 0.29) is 37.0 Å². The van der Waals surface area contributed by atoms with Gasteiger partial charge < -0.3 is 28.8 Å². The fourth-order valence-corrected chi connectivity index (χ4v) is 4.78. The minimum absolute atomic E-state index is 0.0676. The summed E-state index contributed by atoms with van der Waals surface area (Å²) in [5, 5.41) is 10.7. The second kappa shape index (κ2) is 9.56. The van der Waals surface area contributed by atoms with Crippen LogP contribution in [-0.2, 0) is 16.0 Å². The Morgan fingerprint density at radius 1 is 0.972 bits per heavy atom. The number of phenolic OH excluding ortho intramolecular Hbond substituents is 1. The summed E-state index contributed by atoms with van der Waals surface area (Å²) in [6, 6.07) is 10.5. The van der Waals surface area contributed by atoms with Crippen LogP contribution in [0.2, 0.25) is 0 Å². The lowest BCUT2D eigenvalue weighted by atomic mass is 10.00. The van der Waals surface area contributed by atoms with E-state index >= 15 is 0 Å². The Kier molecular flexibility index (Phi) is 6.30. The number of fused-ring (bicyclic) bond motifs is 2. The molecule has 1 aromatic heterocycles. The van der Waals surface area contributed by atoms with E-state index in [2.05, 4.69) is 0 Å². The Morgan fingerprint density at radius 2 is 1.67 bits per heavy atom. The van der Waals surface area contributed by atoms with Crippen molar-refractivity contribution in [1.82, 2.24) is 9.80 Å². The number of hydrogen-bond donors (Lipinski definition) is 1. The molecule has 2 amide bonds. The number of aryl methyl sites for hydroxylation is 2. The van der Waals surface area contributed by atoms with Crippen LogP contribution in [0.4, 0.5) is 0 Å². The quantitative estimate of drug-likeness (QED) is 0.558. The number of carbonyl (C=O) groups is 2. The summed E-state index contributed by atoms with van der Waals surface area (Å²) in [5.74, 6) is 1.02. The summed E-state index contributed by atoms with van der Waals surface area (Å²) in [5.41, 5.74) is 1.60. The topological polar surface area (TPSA) is 110 Å². The highest BCUT2D eigenvalue weighted by molar-refractivity contribution is 5.86. The minimum atomic E-state index is -0.706. The average molecular weight is 493 g/mol. The van der Waals surface area contributed by atoms with Gasteiger partial charge in [0.05, 0.1) is 0 Å². The van der Waals surface area contributed by atoms with Gasteiger partial charge in [0.15, 0.2) is 11.5 Å². The van der Waals surface area contributed by atoms with E-state index in [9.17, 15) is 19.5 Å². The number of piperazine rings is 1. The zero-order valence-corrected chi connectivity index (χ0v) is 20.3. The number of ether oxygens (including phenoxy) is 2. The third kappa shape index (κ3) is 4.36. The number of benzene rings is 2. The molecule has 1 atom stereocenters. The lowest BCUT2D eigenvalue weighted by Crippen LogP contribution is -2.55. The fraction of sp³-hybridized carbons (Fsp3) is 0.370. The summed E-state index contributed by atoms with van der Waals surface area (Å²) in [6.45, 7) is 5.33. The van der Waals surface area contributed by atoms with E-state index in [0.717, 1.165) is 10.9 Å². The molecule has 9 heteroatoms. The molecule has 2 aromatic carbocycles. The first kappa shape index (κ1) is 23.7. The van der Waals surface area contributed by atoms with Crippen molar-refractivity contribution in [1.29, 1.82) is 0 Å². The Balaban J connectivity index is 1.18. The van der Waals surface area contributed by atoms with Crippen LogP contribution >= 0.6 is 0 Å². The van der Waals surface area contributed by atoms with Gasteiger partial charge in [-0.25, -0.2) is 4.79 Å². The van der Waals surface area contributed by atoms with Gasteiger partial charge in [0.2, 0.25) is 12.0 Å². The molecule has 2 aliphatic rings. The van der Waals surface area contributed by atoms with Crippen molar-refractivity contribution in [3.8, 4) is 17.2 Å². The highest BCUT2D eigenvalue weighted by Crippen LogP contribution is 2.31. The van der Waals surface area contributed by atoms with Crippen molar-refractivity contribution in [3.63, 3.8) is 0 Å². The molecule has 9 nitrogen and oxygen atoms in total. The van der Waals surface area contributed by atoms with Crippen molar-refractivity contribution < 1.29 is 28.6 Å². The van der Waals surface area contributed by atoms with Crippen LogP contribution in [0.5, 0.6) is 17.2 Å². The maximum Gasteiger partial charge on any atom is 0.339 e. The van der Waals surface area contributed by atoms with E-state index in [1.54, 1.807) is 41.0 Å². The smallest absolute Gasteiger partial charge is 0.339 e. The molecule has 0 bridgehead atoms. The van der Waals surface area contributed by atoms with Crippen molar-refractivity contribution in [2.24, 2.45) is 0 Å². The molecular formula is C27H28N2O7. The molecule has 188 valence electrons. The van der Waals surface area contributed by atoms with Crippen molar-refractivity contribution in [3.05, 3.63) is 63.5 Å². The molecule has 0 aliphatic carbocycles. The number of phenols is 1. The predicted octanol–water partition coefficient (Wildman–Crippen LogP) is 2.56. The van der Waals surface area contributed by atoms with Crippen LogP contribution in [-0.4, -0.2) is 65.6 Å². The Morgan fingerprint density at radius 3 is 2.42 bits per heavy atom. The van der Waals surface area contributed by atoms with Gasteiger partial charge in [-0.1, -0.05) is 12.1 Å². The van der Waals surface area contributed by atoms with E-state index in [0.29, 0.717) is 54.4 Å². The van der Waals surface area contributed by atoms with E-state index in [1.165, 1.54) is 0 Å². The third-order valence-electron chi connectivity index (χ3n) is 6.99. The number of hydrogen-bond acceptors (Lipinski definition) is 7. The molecule has 0 unspecified atom stereocenters. The summed E-state index contributed by atoms with van der Waals surface area (Å²) in [4.78, 5) is 41.8. The number of amides is 2. The SMILES string of the molecule is Cc1c(CCC(=O)N2CCN(C(=O)[C@H]3COc4ccccc4O3)CC2)c(=O)oc2c(C)c(O)ccc12. The second-order valence-electron chi connectivity index (χ2n) is 9.15. The summed E-state index contributed by atoms with van der Waals surface area (Å²) >= 11 is 0. The first-order valence-corrected chi connectivity index (χ1v) is 12.0. The van der Waals surface area contributed by atoms with Crippen LogP contribution < -0.4 is 15.1 Å². The van der Waals surface area contributed by atoms with E-state index in [1.807, 2.05) is 19.1 Å². The largest absolute Gasteiger partial charge is 0.508 e. The normalized spacial score (nSPS) is 17.3. The molecule has 36 heavy (non-hydrogen) atoms. The second-order valence-corrected chi connectivity index (χ2v) is 9.15. The summed E-state index contributed by atoms with van der Waals surface area (Å²) in [7, 11) is 0. The fourth-order valence-electron chi connectivity index (χ4n) is 4.78. The minimum Gasteiger partial charge on any atom is -0.508 e. The van der Waals surface area contributed by atoms with Gasteiger partial charge in [0.25, 0.3) is 5.91 Å². The molecule has 1 saturated heterocycles. The monoisotopic (exact) mass is 492 g/mol. The maximum absolute atomic E-state index is 12.9. The number of carbonyl (C=O) groups excluding carboxylic acids is 2. The van der Waals surface area contributed by atoms with Crippen LogP contribution in [0.3, 0.4) is 0 Å². The highest BCUT2D eigenvalue weighted by atomic mass is 16.6. The molecular weight excluding hydrogens is 464 g/mol. The van der Waals surface area contributed by atoms with Gasteiger partial charge in [-0.3, -0.25) is 9.59 Å². The zero-order valence-electron chi connectivity index (χ0n) is 20.3. The molecule has 3 heterocycles. The zero-order chi connectivity index (χ0) is 25.4. The molecule has 0 radical (unpaired) electrons. The van der Waals surface area contributed by atoms with Crippen molar-refractivity contribution >= 4 is 22.8 Å².